The maximum atomic E-state index is 3.66. The number of hydrogen-bond donors (Lipinski definition) is 1. The van der Waals surface area contributed by atoms with Crippen molar-refractivity contribution in [1.29, 1.82) is 0 Å². The van der Waals surface area contributed by atoms with E-state index in [0.717, 1.165) is 23.7 Å². The molecule has 0 amide bonds. The van der Waals surface area contributed by atoms with E-state index in [-0.39, 0.29) is 0 Å². The molecular weight excluding hydrogens is 342 g/mol. The number of rotatable bonds is 7. The second-order valence-corrected chi connectivity index (χ2v) is 8.89. The van der Waals surface area contributed by atoms with Crippen molar-refractivity contribution < 1.29 is 0 Å². The van der Waals surface area contributed by atoms with Crippen LogP contribution in [0.4, 0.5) is 0 Å². The fraction of sp³-hybridized carbons (Fsp3) is 0.778. The summed E-state index contributed by atoms with van der Waals surface area (Å²) in [6, 6.07) is 2.32. The molecule has 3 unspecified atom stereocenters. The normalized spacial score (nSPS) is 26.4. The van der Waals surface area contributed by atoms with Gasteiger partial charge < -0.3 is 5.32 Å². The first-order valence-electron chi connectivity index (χ1n) is 8.53. The predicted molar refractivity (Wildman–Crippen MR) is 98.0 cm³/mol. The largest absolute Gasteiger partial charge is 0.316 e. The Morgan fingerprint density at radius 1 is 1.33 bits per heavy atom. The molecule has 1 saturated carbocycles. The van der Waals surface area contributed by atoms with Gasteiger partial charge >= 0.3 is 0 Å². The number of hydrogen-bond acceptors (Lipinski definition) is 2. The van der Waals surface area contributed by atoms with Gasteiger partial charge in [0.2, 0.25) is 0 Å². The SMILES string of the molecule is CCCNCC1CCC(C(C)C)CC1Cc1cc(Br)cs1. The summed E-state index contributed by atoms with van der Waals surface area (Å²) < 4.78 is 1.25. The summed E-state index contributed by atoms with van der Waals surface area (Å²) in [7, 11) is 0. The summed E-state index contributed by atoms with van der Waals surface area (Å²) in [5.41, 5.74) is 0. The van der Waals surface area contributed by atoms with Crippen molar-refractivity contribution >= 4 is 27.3 Å². The average molecular weight is 372 g/mol. The standard InChI is InChI=1S/C18H30BrNS/c1-4-7-20-11-15-6-5-14(13(2)3)8-16(15)9-18-10-17(19)12-21-18/h10,12-16,20H,4-9,11H2,1-3H3. The van der Waals surface area contributed by atoms with Crippen LogP contribution in [0.15, 0.2) is 15.9 Å². The first kappa shape index (κ1) is 17.5. The molecule has 1 N–H and O–H groups in total. The molecule has 2 rings (SSSR count). The minimum absolute atomic E-state index is 0.840. The molecule has 0 spiro atoms. The Balaban J connectivity index is 1.97. The monoisotopic (exact) mass is 371 g/mol. The van der Waals surface area contributed by atoms with Crippen LogP contribution in [0, 0.1) is 23.7 Å². The number of nitrogens with one attached hydrogen (secondary N) is 1. The van der Waals surface area contributed by atoms with Gasteiger partial charge in [-0.3, -0.25) is 0 Å². The van der Waals surface area contributed by atoms with Crippen molar-refractivity contribution in [3.05, 3.63) is 20.8 Å². The van der Waals surface area contributed by atoms with Gasteiger partial charge in [-0.1, -0.05) is 20.8 Å². The molecule has 0 aliphatic heterocycles. The van der Waals surface area contributed by atoms with E-state index in [1.54, 1.807) is 4.88 Å². The Labute approximate surface area is 143 Å². The Bertz CT molecular complexity index is 415. The summed E-state index contributed by atoms with van der Waals surface area (Å²) in [6.45, 7) is 9.44. The Kier molecular flexibility index (Phi) is 7.24. The van der Waals surface area contributed by atoms with Crippen LogP contribution in [0.3, 0.4) is 0 Å². The molecule has 1 aromatic rings. The quantitative estimate of drug-likeness (QED) is 0.602. The summed E-state index contributed by atoms with van der Waals surface area (Å²) in [6.07, 6.45) is 6.78. The van der Waals surface area contributed by atoms with Crippen LogP contribution in [0.5, 0.6) is 0 Å². The molecule has 3 atom stereocenters. The van der Waals surface area contributed by atoms with Crippen LogP contribution in [0.25, 0.3) is 0 Å². The number of thiophene rings is 1. The highest BCUT2D eigenvalue weighted by Gasteiger charge is 2.31. The van der Waals surface area contributed by atoms with Crippen LogP contribution >= 0.6 is 27.3 Å². The molecule has 0 saturated heterocycles. The minimum Gasteiger partial charge on any atom is -0.316 e. The molecule has 1 nitrogen and oxygen atoms in total. The van der Waals surface area contributed by atoms with Crippen LogP contribution in [-0.4, -0.2) is 13.1 Å². The third-order valence-corrected chi connectivity index (χ3v) is 6.76. The van der Waals surface area contributed by atoms with E-state index < -0.39 is 0 Å². The fourth-order valence-corrected chi connectivity index (χ4v) is 5.22. The van der Waals surface area contributed by atoms with Crippen LogP contribution in [0.1, 0.15) is 51.3 Å². The molecule has 0 aromatic carbocycles. The van der Waals surface area contributed by atoms with Gasteiger partial charge in [0.25, 0.3) is 0 Å². The van der Waals surface area contributed by atoms with Gasteiger partial charge in [0, 0.05) is 14.7 Å². The van der Waals surface area contributed by atoms with Crippen molar-refractivity contribution in [3.8, 4) is 0 Å². The van der Waals surface area contributed by atoms with E-state index in [4.69, 9.17) is 0 Å². The van der Waals surface area contributed by atoms with E-state index in [0.29, 0.717) is 0 Å². The lowest BCUT2D eigenvalue weighted by Crippen LogP contribution is -2.35. The maximum Gasteiger partial charge on any atom is 0.0285 e. The van der Waals surface area contributed by atoms with Crippen LogP contribution in [0.2, 0.25) is 0 Å². The highest BCUT2D eigenvalue weighted by molar-refractivity contribution is 9.10. The Hall–Kier alpha value is 0.140. The van der Waals surface area contributed by atoms with E-state index in [1.807, 2.05) is 11.3 Å². The van der Waals surface area contributed by atoms with Gasteiger partial charge in [0.15, 0.2) is 0 Å². The third-order valence-electron chi connectivity index (χ3n) is 5.04. The minimum atomic E-state index is 0.840. The van der Waals surface area contributed by atoms with Crippen molar-refractivity contribution in [2.75, 3.05) is 13.1 Å². The first-order chi connectivity index (χ1) is 10.1. The van der Waals surface area contributed by atoms with Crippen LogP contribution < -0.4 is 5.32 Å². The Morgan fingerprint density at radius 3 is 2.76 bits per heavy atom. The highest BCUT2D eigenvalue weighted by Crippen LogP contribution is 2.39. The smallest absolute Gasteiger partial charge is 0.0285 e. The summed E-state index contributed by atoms with van der Waals surface area (Å²) in [4.78, 5) is 1.55. The molecule has 1 aliphatic carbocycles. The lowest BCUT2D eigenvalue weighted by molar-refractivity contribution is 0.145. The maximum absolute atomic E-state index is 3.66. The molecule has 120 valence electrons. The second-order valence-electron chi connectivity index (χ2n) is 6.98. The van der Waals surface area contributed by atoms with E-state index >= 15 is 0 Å². The molecule has 21 heavy (non-hydrogen) atoms. The molecule has 3 heteroatoms. The molecule has 1 fully saturated rings. The van der Waals surface area contributed by atoms with Gasteiger partial charge in [-0.15, -0.1) is 11.3 Å². The highest BCUT2D eigenvalue weighted by atomic mass is 79.9. The molecule has 0 radical (unpaired) electrons. The zero-order valence-corrected chi connectivity index (χ0v) is 16.1. The summed E-state index contributed by atoms with van der Waals surface area (Å²) in [5.74, 6) is 3.50. The van der Waals surface area contributed by atoms with Crippen molar-refractivity contribution in [3.63, 3.8) is 0 Å². The van der Waals surface area contributed by atoms with Gasteiger partial charge in [-0.05, 0) is 90.9 Å². The first-order valence-corrected chi connectivity index (χ1v) is 10.2. The van der Waals surface area contributed by atoms with Crippen molar-refractivity contribution in [1.82, 2.24) is 5.32 Å². The molecule has 1 aliphatic rings. The van der Waals surface area contributed by atoms with E-state index in [9.17, 15) is 0 Å². The Morgan fingerprint density at radius 2 is 2.14 bits per heavy atom. The van der Waals surface area contributed by atoms with Gasteiger partial charge in [0.1, 0.15) is 0 Å². The molecular formula is C18H30BrNS. The van der Waals surface area contributed by atoms with Gasteiger partial charge in [-0.25, -0.2) is 0 Å². The molecule has 1 aromatic heterocycles. The van der Waals surface area contributed by atoms with E-state index in [1.165, 1.54) is 49.7 Å². The average Bonchev–Trinajstić information content (AvgIpc) is 2.85. The van der Waals surface area contributed by atoms with Crippen LogP contribution in [-0.2, 0) is 6.42 Å². The summed E-state index contributed by atoms with van der Waals surface area (Å²) >= 11 is 5.51. The topological polar surface area (TPSA) is 12.0 Å². The second kappa shape index (κ2) is 8.69. The molecule has 1 heterocycles. The molecule has 0 bridgehead atoms. The van der Waals surface area contributed by atoms with Gasteiger partial charge in [0.05, 0.1) is 0 Å². The van der Waals surface area contributed by atoms with Crippen molar-refractivity contribution in [2.45, 2.75) is 52.9 Å². The van der Waals surface area contributed by atoms with Gasteiger partial charge in [-0.2, -0.15) is 0 Å². The number of halogens is 1. The lowest BCUT2D eigenvalue weighted by Gasteiger charge is -2.38. The zero-order chi connectivity index (χ0) is 15.2. The summed E-state index contributed by atoms with van der Waals surface area (Å²) in [5, 5.41) is 5.89. The van der Waals surface area contributed by atoms with E-state index in [2.05, 4.69) is 53.5 Å². The third kappa shape index (κ3) is 5.37. The fourth-order valence-electron chi connectivity index (χ4n) is 3.67. The van der Waals surface area contributed by atoms with Crippen molar-refractivity contribution in [2.24, 2.45) is 23.7 Å². The lowest BCUT2D eigenvalue weighted by atomic mass is 9.69. The predicted octanol–water partition coefficient (Wildman–Crippen LogP) is 5.74. The zero-order valence-electron chi connectivity index (χ0n) is 13.7.